The predicted molar refractivity (Wildman–Crippen MR) is 94.7 cm³/mol. The van der Waals surface area contributed by atoms with Crippen molar-refractivity contribution < 1.29 is 9.59 Å². The zero-order chi connectivity index (χ0) is 18.3. The number of carbonyl (C=O) groups is 2. The third-order valence-corrected chi connectivity index (χ3v) is 5.25. The number of nitrogens with one attached hydrogen (secondary N) is 2. The summed E-state index contributed by atoms with van der Waals surface area (Å²) in [6, 6.07) is 3.67. The van der Waals surface area contributed by atoms with Gasteiger partial charge in [0.05, 0.1) is 6.04 Å². The number of carbonyl (C=O) groups excluding carboxylic acids is 2. The standard InChI is InChI=1S/C18H24N6O2/c1-3-4-13-7-16(22-20-13)18(26)24-9-12-6-14(24)10-23(8-12)17(25)15-5-11(2)19-21-15/h5,7,12,14H,3-4,6,8-10H2,1-2H3,(H,19,21)(H,20,22). The number of hydrogen-bond donors (Lipinski definition) is 2. The van der Waals surface area contributed by atoms with Gasteiger partial charge in [-0.2, -0.15) is 10.2 Å². The first kappa shape index (κ1) is 16.8. The van der Waals surface area contributed by atoms with E-state index in [0.29, 0.717) is 36.9 Å². The molecule has 2 saturated heterocycles. The molecule has 2 aromatic rings. The van der Waals surface area contributed by atoms with E-state index in [1.54, 1.807) is 6.07 Å². The van der Waals surface area contributed by atoms with E-state index in [1.807, 2.05) is 22.8 Å². The molecule has 0 aromatic carbocycles. The Bertz CT molecular complexity index is 825. The highest BCUT2D eigenvalue weighted by Crippen LogP contribution is 2.31. The van der Waals surface area contributed by atoms with Crippen molar-refractivity contribution >= 4 is 11.8 Å². The van der Waals surface area contributed by atoms with Crippen molar-refractivity contribution in [1.29, 1.82) is 0 Å². The van der Waals surface area contributed by atoms with Gasteiger partial charge in [-0.15, -0.1) is 0 Å². The number of hydrogen-bond acceptors (Lipinski definition) is 4. The Morgan fingerprint density at radius 2 is 1.88 bits per heavy atom. The number of H-pyrrole nitrogens is 2. The summed E-state index contributed by atoms with van der Waals surface area (Å²) >= 11 is 0. The Morgan fingerprint density at radius 1 is 1.12 bits per heavy atom. The average Bonchev–Trinajstić information content (AvgIpc) is 3.33. The van der Waals surface area contributed by atoms with Crippen molar-refractivity contribution in [1.82, 2.24) is 30.2 Å². The molecule has 2 fully saturated rings. The van der Waals surface area contributed by atoms with E-state index < -0.39 is 0 Å². The highest BCUT2D eigenvalue weighted by Gasteiger charge is 2.43. The minimum absolute atomic E-state index is 0.0407. The van der Waals surface area contributed by atoms with E-state index in [-0.39, 0.29) is 17.9 Å². The van der Waals surface area contributed by atoms with Crippen molar-refractivity contribution in [2.45, 2.75) is 39.2 Å². The van der Waals surface area contributed by atoms with Gasteiger partial charge in [0.1, 0.15) is 11.4 Å². The fourth-order valence-corrected chi connectivity index (χ4v) is 4.08. The van der Waals surface area contributed by atoms with E-state index in [9.17, 15) is 9.59 Å². The summed E-state index contributed by atoms with van der Waals surface area (Å²) in [6.07, 6.45) is 2.84. The number of aromatic amines is 2. The molecule has 2 amide bonds. The van der Waals surface area contributed by atoms with Crippen LogP contribution in [0.15, 0.2) is 12.1 Å². The molecule has 2 aliphatic heterocycles. The zero-order valence-corrected chi connectivity index (χ0v) is 15.2. The largest absolute Gasteiger partial charge is 0.335 e. The van der Waals surface area contributed by atoms with Gasteiger partial charge in [0.25, 0.3) is 11.8 Å². The normalized spacial score (nSPS) is 22.1. The van der Waals surface area contributed by atoms with E-state index >= 15 is 0 Å². The van der Waals surface area contributed by atoms with Crippen LogP contribution in [-0.2, 0) is 6.42 Å². The molecule has 8 nitrogen and oxygen atoms in total. The van der Waals surface area contributed by atoms with Gasteiger partial charge in [-0.3, -0.25) is 19.8 Å². The SMILES string of the molecule is CCCc1cc(C(=O)N2CC3CC2CN(C(=O)c2cc(C)[nH]n2)C3)n[nH]1. The first-order chi connectivity index (χ1) is 12.5. The van der Waals surface area contributed by atoms with Gasteiger partial charge in [-0.25, -0.2) is 0 Å². The lowest BCUT2D eigenvalue weighted by molar-refractivity contribution is 0.0612. The van der Waals surface area contributed by atoms with Crippen LogP contribution < -0.4 is 0 Å². The van der Waals surface area contributed by atoms with Gasteiger partial charge in [-0.1, -0.05) is 13.3 Å². The first-order valence-electron chi connectivity index (χ1n) is 9.21. The maximum Gasteiger partial charge on any atom is 0.274 e. The number of fused-ring (bicyclic) bond motifs is 2. The molecule has 2 N–H and O–H groups in total. The number of rotatable bonds is 4. The Hall–Kier alpha value is -2.64. The second-order valence-electron chi connectivity index (χ2n) is 7.39. The van der Waals surface area contributed by atoms with Gasteiger partial charge in [0.2, 0.25) is 0 Å². The summed E-state index contributed by atoms with van der Waals surface area (Å²) in [5.74, 6) is 0.208. The van der Waals surface area contributed by atoms with E-state index in [0.717, 1.165) is 30.7 Å². The Balaban J connectivity index is 1.46. The fourth-order valence-electron chi connectivity index (χ4n) is 4.08. The molecule has 2 bridgehead atoms. The molecule has 4 heterocycles. The average molecular weight is 356 g/mol. The maximum atomic E-state index is 12.9. The van der Waals surface area contributed by atoms with Crippen LogP contribution in [0.2, 0.25) is 0 Å². The topological polar surface area (TPSA) is 98.0 Å². The highest BCUT2D eigenvalue weighted by atomic mass is 16.2. The minimum atomic E-state index is -0.0663. The molecule has 0 radical (unpaired) electrons. The molecule has 138 valence electrons. The lowest BCUT2D eigenvalue weighted by atomic mass is 9.99. The van der Waals surface area contributed by atoms with Crippen LogP contribution in [0.5, 0.6) is 0 Å². The van der Waals surface area contributed by atoms with Gasteiger partial charge < -0.3 is 9.80 Å². The number of likely N-dealkylation sites (tertiary alicyclic amines) is 2. The van der Waals surface area contributed by atoms with E-state index in [4.69, 9.17) is 0 Å². The van der Waals surface area contributed by atoms with Crippen LogP contribution in [0, 0.1) is 12.8 Å². The molecule has 0 aliphatic carbocycles. The van der Waals surface area contributed by atoms with Gasteiger partial charge in [0.15, 0.2) is 0 Å². The van der Waals surface area contributed by atoms with Crippen molar-refractivity contribution in [3.8, 4) is 0 Å². The number of aromatic nitrogens is 4. The summed E-state index contributed by atoms with van der Waals surface area (Å²) in [5.41, 5.74) is 2.77. The predicted octanol–water partition coefficient (Wildman–Crippen LogP) is 1.38. The molecule has 8 heteroatoms. The third-order valence-electron chi connectivity index (χ3n) is 5.25. The molecule has 2 atom stereocenters. The molecule has 2 aliphatic rings. The summed E-state index contributed by atoms with van der Waals surface area (Å²) in [7, 11) is 0. The Labute approximate surface area is 151 Å². The van der Waals surface area contributed by atoms with Crippen LogP contribution >= 0.6 is 0 Å². The Kier molecular flexibility index (Phi) is 4.26. The zero-order valence-electron chi connectivity index (χ0n) is 15.2. The monoisotopic (exact) mass is 356 g/mol. The molecule has 26 heavy (non-hydrogen) atoms. The van der Waals surface area contributed by atoms with Crippen LogP contribution in [0.4, 0.5) is 0 Å². The number of aryl methyl sites for hydroxylation is 2. The van der Waals surface area contributed by atoms with Crippen LogP contribution in [0.1, 0.15) is 52.1 Å². The lowest BCUT2D eigenvalue weighted by Gasteiger charge is -2.32. The quantitative estimate of drug-likeness (QED) is 0.865. The minimum Gasteiger partial charge on any atom is -0.335 e. The summed E-state index contributed by atoms with van der Waals surface area (Å²) in [6.45, 7) is 5.88. The van der Waals surface area contributed by atoms with Crippen LogP contribution in [0.3, 0.4) is 0 Å². The van der Waals surface area contributed by atoms with Crippen molar-refractivity contribution in [2.75, 3.05) is 19.6 Å². The molecule has 0 spiro atoms. The van der Waals surface area contributed by atoms with Gasteiger partial charge in [0, 0.05) is 31.0 Å². The summed E-state index contributed by atoms with van der Waals surface area (Å²) < 4.78 is 0. The fraction of sp³-hybridized carbons (Fsp3) is 0.556. The van der Waals surface area contributed by atoms with Crippen molar-refractivity contribution in [3.63, 3.8) is 0 Å². The Morgan fingerprint density at radius 3 is 2.62 bits per heavy atom. The molecule has 2 unspecified atom stereocenters. The lowest BCUT2D eigenvalue weighted by Crippen LogP contribution is -2.46. The van der Waals surface area contributed by atoms with E-state index in [1.165, 1.54) is 0 Å². The summed E-state index contributed by atoms with van der Waals surface area (Å²) in [5, 5.41) is 14.0. The van der Waals surface area contributed by atoms with Crippen LogP contribution in [-0.4, -0.2) is 67.7 Å². The van der Waals surface area contributed by atoms with Crippen molar-refractivity contribution in [3.05, 3.63) is 34.9 Å². The molecule has 2 aromatic heterocycles. The second-order valence-corrected chi connectivity index (χ2v) is 7.39. The van der Waals surface area contributed by atoms with Gasteiger partial charge >= 0.3 is 0 Å². The van der Waals surface area contributed by atoms with Crippen molar-refractivity contribution in [2.24, 2.45) is 5.92 Å². The number of amides is 2. The molecule has 4 rings (SSSR count). The number of piperidine rings is 1. The highest BCUT2D eigenvalue weighted by molar-refractivity contribution is 5.94. The third kappa shape index (κ3) is 3.00. The maximum absolute atomic E-state index is 12.9. The van der Waals surface area contributed by atoms with Gasteiger partial charge in [-0.05, 0) is 37.8 Å². The van der Waals surface area contributed by atoms with Crippen LogP contribution in [0.25, 0.3) is 0 Å². The molecule has 0 saturated carbocycles. The first-order valence-corrected chi connectivity index (χ1v) is 9.21. The smallest absolute Gasteiger partial charge is 0.274 e. The second kappa shape index (κ2) is 6.59. The summed E-state index contributed by atoms with van der Waals surface area (Å²) in [4.78, 5) is 29.3. The molecular formula is C18H24N6O2. The van der Waals surface area contributed by atoms with E-state index in [2.05, 4.69) is 27.3 Å². The number of nitrogens with zero attached hydrogens (tertiary/aromatic N) is 4. The molecular weight excluding hydrogens is 332 g/mol.